The van der Waals surface area contributed by atoms with E-state index in [0.717, 1.165) is 22.4 Å². The normalized spacial score (nSPS) is 13.1. The molecule has 0 spiro atoms. The highest BCUT2D eigenvalue weighted by atomic mass is 35.5. The van der Waals surface area contributed by atoms with Crippen molar-refractivity contribution < 1.29 is 8.95 Å². The summed E-state index contributed by atoms with van der Waals surface area (Å²) in [5.74, 6) is 1.38. The number of hydrogen-bond donors (Lipinski definition) is 1. The van der Waals surface area contributed by atoms with Gasteiger partial charge in [0.15, 0.2) is 0 Å². The van der Waals surface area contributed by atoms with E-state index < -0.39 is 10.8 Å². The third-order valence-electron chi connectivity index (χ3n) is 4.41. The lowest BCUT2D eigenvalue weighted by atomic mass is 10.1. The van der Waals surface area contributed by atoms with E-state index in [0.29, 0.717) is 23.9 Å². The van der Waals surface area contributed by atoms with E-state index in [4.69, 9.17) is 16.3 Å². The van der Waals surface area contributed by atoms with Gasteiger partial charge in [0.1, 0.15) is 12.4 Å². The summed E-state index contributed by atoms with van der Waals surface area (Å²) >= 11 is 6.19. The lowest BCUT2D eigenvalue weighted by molar-refractivity contribution is 0.306. The molecule has 0 aromatic heterocycles. The standard InChI is InChI=1S/C23H24ClNO2S/c1-28(26)17-23(19-9-3-2-4-10-19)25-15-18-8-7-12-21(14-18)27-16-20-11-5-6-13-22(20)24/h2-14,23,25H,15-17H2,1H3. The van der Waals surface area contributed by atoms with Crippen molar-refractivity contribution in [3.05, 3.63) is 101 Å². The van der Waals surface area contributed by atoms with Crippen LogP contribution in [-0.2, 0) is 24.0 Å². The molecule has 3 aromatic rings. The molecule has 0 saturated heterocycles. The first-order chi connectivity index (χ1) is 13.6. The summed E-state index contributed by atoms with van der Waals surface area (Å²) in [5.41, 5.74) is 3.21. The van der Waals surface area contributed by atoms with Crippen molar-refractivity contribution in [1.82, 2.24) is 5.32 Å². The van der Waals surface area contributed by atoms with Crippen molar-refractivity contribution in [2.24, 2.45) is 0 Å². The molecule has 3 rings (SSSR count). The Labute approximate surface area is 174 Å². The van der Waals surface area contributed by atoms with Crippen molar-refractivity contribution in [2.75, 3.05) is 12.0 Å². The van der Waals surface area contributed by atoms with Gasteiger partial charge in [-0.05, 0) is 29.3 Å². The molecule has 0 saturated carbocycles. The van der Waals surface area contributed by atoms with E-state index >= 15 is 0 Å². The van der Waals surface area contributed by atoms with Crippen LogP contribution >= 0.6 is 11.6 Å². The van der Waals surface area contributed by atoms with Gasteiger partial charge in [-0.25, -0.2) is 0 Å². The molecule has 0 aliphatic rings. The van der Waals surface area contributed by atoms with Crippen molar-refractivity contribution >= 4 is 22.4 Å². The summed E-state index contributed by atoms with van der Waals surface area (Å²) in [4.78, 5) is 0. The molecule has 1 N–H and O–H groups in total. The van der Waals surface area contributed by atoms with E-state index in [1.54, 1.807) is 6.26 Å². The van der Waals surface area contributed by atoms with Crippen LogP contribution in [0.5, 0.6) is 5.75 Å². The van der Waals surface area contributed by atoms with Crippen LogP contribution in [0.2, 0.25) is 5.02 Å². The Morgan fingerprint density at radius 2 is 1.75 bits per heavy atom. The lowest BCUT2D eigenvalue weighted by Gasteiger charge is -2.18. The first-order valence-corrected chi connectivity index (χ1v) is 11.3. The van der Waals surface area contributed by atoms with Crippen molar-refractivity contribution in [1.29, 1.82) is 0 Å². The number of hydrogen-bond acceptors (Lipinski definition) is 3. The molecule has 3 nitrogen and oxygen atoms in total. The van der Waals surface area contributed by atoms with Crippen LogP contribution in [0.4, 0.5) is 0 Å². The number of rotatable bonds is 9. The molecule has 28 heavy (non-hydrogen) atoms. The molecule has 146 valence electrons. The summed E-state index contributed by atoms with van der Waals surface area (Å²) < 4.78 is 17.7. The minimum atomic E-state index is -0.885. The van der Waals surface area contributed by atoms with Crippen molar-refractivity contribution in [3.8, 4) is 5.75 Å². The molecule has 0 aliphatic heterocycles. The average molecular weight is 414 g/mol. The maximum Gasteiger partial charge on any atom is 0.120 e. The van der Waals surface area contributed by atoms with Gasteiger partial charge in [0.05, 0.1) is 0 Å². The van der Waals surface area contributed by atoms with Gasteiger partial charge in [-0.15, -0.1) is 0 Å². The van der Waals surface area contributed by atoms with Crippen LogP contribution in [0.25, 0.3) is 0 Å². The van der Waals surface area contributed by atoms with Crippen LogP contribution in [0.1, 0.15) is 22.7 Å². The zero-order valence-corrected chi connectivity index (χ0v) is 17.4. The Hall–Kier alpha value is -2.14. The summed E-state index contributed by atoms with van der Waals surface area (Å²) in [6.45, 7) is 1.10. The molecule has 0 heterocycles. The summed E-state index contributed by atoms with van der Waals surface area (Å²) in [6.07, 6.45) is 1.74. The molecule has 2 unspecified atom stereocenters. The van der Waals surface area contributed by atoms with Gasteiger partial charge in [-0.3, -0.25) is 4.21 Å². The van der Waals surface area contributed by atoms with Gasteiger partial charge < -0.3 is 10.1 Å². The maximum atomic E-state index is 11.8. The van der Waals surface area contributed by atoms with E-state index in [1.165, 1.54) is 0 Å². The van der Waals surface area contributed by atoms with E-state index in [2.05, 4.69) is 23.5 Å². The number of nitrogens with one attached hydrogen (secondary N) is 1. The predicted octanol–water partition coefficient (Wildman–Crippen LogP) is 5.13. The van der Waals surface area contributed by atoms with Gasteiger partial charge in [-0.2, -0.15) is 0 Å². The molecular formula is C23H24ClNO2S. The molecule has 0 radical (unpaired) electrons. The average Bonchev–Trinajstić information content (AvgIpc) is 2.71. The fourth-order valence-electron chi connectivity index (χ4n) is 2.96. The van der Waals surface area contributed by atoms with E-state index in [1.807, 2.05) is 60.7 Å². The summed E-state index contributed by atoms with van der Waals surface area (Å²) in [7, 11) is -0.885. The van der Waals surface area contributed by atoms with Gasteiger partial charge in [0.2, 0.25) is 0 Å². The zero-order valence-electron chi connectivity index (χ0n) is 15.8. The second-order valence-corrected chi connectivity index (χ2v) is 8.50. The fourth-order valence-corrected chi connectivity index (χ4v) is 3.93. The Balaban J connectivity index is 1.63. The Morgan fingerprint density at radius 1 is 1.00 bits per heavy atom. The highest BCUT2D eigenvalue weighted by Crippen LogP contribution is 2.20. The second-order valence-electron chi connectivity index (χ2n) is 6.61. The maximum absolute atomic E-state index is 11.8. The lowest BCUT2D eigenvalue weighted by Crippen LogP contribution is -2.25. The first kappa shape index (κ1) is 20.6. The predicted molar refractivity (Wildman–Crippen MR) is 117 cm³/mol. The Bertz CT molecular complexity index is 917. The molecule has 2 atom stereocenters. The minimum Gasteiger partial charge on any atom is -0.489 e. The van der Waals surface area contributed by atoms with Gasteiger partial charge in [0, 0.05) is 46.0 Å². The van der Waals surface area contributed by atoms with Crippen molar-refractivity contribution in [3.63, 3.8) is 0 Å². The quantitative estimate of drug-likeness (QED) is 0.528. The summed E-state index contributed by atoms with van der Waals surface area (Å²) in [5, 5.41) is 4.23. The fraction of sp³-hybridized carbons (Fsp3) is 0.217. The third kappa shape index (κ3) is 6.20. The smallest absolute Gasteiger partial charge is 0.120 e. The molecular weight excluding hydrogens is 390 g/mol. The molecule has 0 fully saturated rings. The van der Waals surface area contributed by atoms with Gasteiger partial charge >= 0.3 is 0 Å². The SMILES string of the molecule is CS(=O)CC(NCc1cccc(OCc2ccccc2Cl)c1)c1ccccc1. The van der Waals surface area contributed by atoms with E-state index in [9.17, 15) is 4.21 Å². The summed E-state index contributed by atoms with van der Waals surface area (Å²) in [6, 6.07) is 25.9. The largest absolute Gasteiger partial charge is 0.489 e. The molecule has 5 heteroatoms. The van der Waals surface area contributed by atoms with Crippen LogP contribution in [0, 0.1) is 0 Å². The van der Waals surface area contributed by atoms with Gasteiger partial charge in [0.25, 0.3) is 0 Å². The van der Waals surface area contributed by atoms with Crippen molar-refractivity contribution in [2.45, 2.75) is 19.2 Å². The number of benzene rings is 3. The number of ether oxygens (including phenoxy) is 1. The Morgan fingerprint density at radius 3 is 2.50 bits per heavy atom. The molecule has 0 amide bonds. The minimum absolute atomic E-state index is 0.0414. The van der Waals surface area contributed by atoms with Crippen LogP contribution < -0.4 is 10.1 Å². The Kier molecular flexibility index (Phi) is 7.66. The highest BCUT2D eigenvalue weighted by molar-refractivity contribution is 7.84. The monoisotopic (exact) mass is 413 g/mol. The van der Waals surface area contributed by atoms with Crippen LogP contribution in [0.15, 0.2) is 78.9 Å². The molecule has 0 aliphatic carbocycles. The topological polar surface area (TPSA) is 38.3 Å². The van der Waals surface area contributed by atoms with Crippen LogP contribution in [0.3, 0.4) is 0 Å². The molecule has 0 bridgehead atoms. The highest BCUT2D eigenvalue weighted by Gasteiger charge is 2.12. The first-order valence-electron chi connectivity index (χ1n) is 9.15. The van der Waals surface area contributed by atoms with Crippen LogP contribution in [-0.4, -0.2) is 16.2 Å². The number of halogens is 1. The second kappa shape index (κ2) is 10.4. The van der Waals surface area contributed by atoms with Gasteiger partial charge in [-0.1, -0.05) is 72.3 Å². The zero-order chi connectivity index (χ0) is 19.8. The third-order valence-corrected chi connectivity index (χ3v) is 5.58. The molecule has 3 aromatic carbocycles. The van der Waals surface area contributed by atoms with E-state index in [-0.39, 0.29) is 6.04 Å².